The van der Waals surface area contributed by atoms with E-state index in [1.165, 1.54) is 11.3 Å². The molecule has 0 N–H and O–H groups in total. The maximum Gasteiger partial charge on any atom is 0.338 e. The van der Waals surface area contributed by atoms with E-state index in [0.717, 1.165) is 40.3 Å². The third-order valence-electron chi connectivity index (χ3n) is 7.99. The average Bonchev–Trinajstić information content (AvgIpc) is 3.67. The summed E-state index contributed by atoms with van der Waals surface area (Å²) in [7, 11) is 4.04. The zero-order valence-corrected chi connectivity index (χ0v) is 26.7. The number of aryl methyl sites for hydroxylation is 1. The first-order valence-electron chi connectivity index (χ1n) is 14.8. The van der Waals surface area contributed by atoms with Crippen LogP contribution in [0.3, 0.4) is 0 Å². The number of carbonyl (C=O) groups is 1. The molecule has 9 nitrogen and oxygen atoms in total. The number of aromatic nitrogens is 2. The van der Waals surface area contributed by atoms with Crippen LogP contribution in [-0.4, -0.2) is 42.6 Å². The second kappa shape index (κ2) is 11.8. The van der Waals surface area contributed by atoms with Gasteiger partial charge in [0.15, 0.2) is 16.3 Å². The van der Waals surface area contributed by atoms with Gasteiger partial charge in [-0.15, -0.1) is 0 Å². The van der Waals surface area contributed by atoms with Crippen molar-refractivity contribution < 1.29 is 19.0 Å². The van der Waals surface area contributed by atoms with Gasteiger partial charge < -0.3 is 23.7 Å². The maximum absolute atomic E-state index is 14.2. The van der Waals surface area contributed by atoms with E-state index < -0.39 is 12.0 Å². The van der Waals surface area contributed by atoms with Gasteiger partial charge in [0.25, 0.3) is 5.56 Å². The van der Waals surface area contributed by atoms with Crippen LogP contribution in [0.5, 0.6) is 11.5 Å². The number of hydrogen-bond donors (Lipinski definition) is 0. The molecule has 2 aromatic heterocycles. The molecule has 0 saturated carbocycles. The minimum Gasteiger partial charge on any atom is -0.463 e. The van der Waals surface area contributed by atoms with Crippen LogP contribution in [-0.2, 0) is 9.53 Å². The van der Waals surface area contributed by atoms with Crippen molar-refractivity contribution in [2.24, 2.45) is 4.99 Å². The minimum atomic E-state index is -0.717. The van der Waals surface area contributed by atoms with Gasteiger partial charge in [0.2, 0.25) is 6.79 Å². The van der Waals surface area contributed by atoms with Crippen molar-refractivity contribution in [2.75, 3.05) is 32.4 Å². The van der Waals surface area contributed by atoms with Crippen LogP contribution in [0.15, 0.2) is 69.6 Å². The summed E-state index contributed by atoms with van der Waals surface area (Å²) in [4.78, 5) is 35.2. The lowest BCUT2D eigenvalue weighted by atomic mass is 9.94. The minimum absolute atomic E-state index is 0.126. The molecule has 2 aliphatic rings. The summed E-state index contributed by atoms with van der Waals surface area (Å²) >= 11 is 1.33. The summed E-state index contributed by atoms with van der Waals surface area (Å²) in [5, 5.41) is 0. The monoisotopic (exact) mass is 612 g/mol. The normalized spacial score (nSPS) is 15.8. The molecule has 1 atom stereocenters. The summed E-state index contributed by atoms with van der Waals surface area (Å²) in [5.41, 5.74) is 6.75. The van der Waals surface area contributed by atoms with Crippen LogP contribution < -0.4 is 29.3 Å². The second-order valence-corrected chi connectivity index (χ2v) is 12.1. The van der Waals surface area contributed by atoms with Gasteiger partial charge in [0.05, 0.1) is 28.5 Å². The van der Waals surface area contributed by atoms with Crippen LogP contribution in [0.4, 0.5) is 5.69 Å². The molecule has 2 aromatic carbocycles. The lowest BCUT2D eigenvalue weighted by Gasteiger charge is -2.25. The topological polar surface area (TPSA) is 87.3 Å². The first kappa shape index (κ1) is 29.5. The Morgan fingerprint density at radius 2 is 1.84 bits per heavy atom. The van der Waals surface area contributed by atoms with Crippen molar-refractivity contribution >= 4 is 29.1 Å². The zero-order chi connectivity index (χ0) is 31.1. The number of hydrogen-bond acceptors (Lipinski definition) is 8. The Kier molecular flexibility index (Phi) is 7.94. The molecule has 0 amide bonds. The van der Waals surface area contributed by atoms with Crippen molar-refractivity contribution in [3.63, 3.8) is 0 Å². The fraction of sp³-hybridized carbons (Fsp3) is 0.324. The van der Waals surface area contributed by atoms with Crippen molar-refractivity contribution in [1.82, 2.24) is 9.13 Å². The number of carbonyl (C=O) groups excluding carboxylic acids is 1. The van der Waals surface area contributed by atoms with Crippen LogP contribution >= 0.6 is 11.3 Å². The average molecular weight is 613 g/mol. The number of benzene rings is 2. The predicted octanol–water partition coefficient (Wildman–Crippen LogP) is 4.78. The van der Waals surface area contributed by atoms with Crippen LogP contribution in [0.1, 0.15) is 55.2 Å². The summed E-state index contributed by atoms with van der Waals surface area (Å²) in [6.45, 7) is 8.28. The third-order valence-corrected chi connectivity index (χ3v) is 8.97. The van der Waals surface area contributed by atoms with Gasteiger partial charge in [-0.25, -0.2) is 9.79 Å². The molecular weight excluding hydrogens is 576 g/mol. The molecule has 4 aromatic rings. The van der Waals surface area contributed by atoms with E-state index >= 15 is 0 Å². The van der Waals surface area contributed by atoms with Crippen LogP contribution in [0.25, 0.3) is 11.8 Å². The lowest BCUT2D eigenvalue weighted by molar-refractivity contribution is -0.139. The Bertz CT molecular complexity index is 1960. The summed E-state index contributed by atoms with van der Waals surface area (Å²) < 4.78 is 21.1. The number of nitrogens with zero attached hydrogens (tertiary/aromatic N) is 4. The SMILES string of the molecule is CCCC1=C(C(=O)OCC)[C@H](c2ccc3c(c2)OCO3)n2c(s/c(=C/c3cc(C)n(-c4ccc(N(C)C)cc4)c3C)c2=O)=N1. The van der Waals surface area contributed by atoms with Crippen LogP contribution in [0.2, 0.25) is 0 Å². The molecule has 4 heterocycles. The maximum atomic E-state index is 14.2. The number of thiazole rings is 1. The van der Waals surface area contributed by atoms with Crippen LogP contribution in [0, 0.1) is 13.8 Å². The van der Waals surface area contributed by atoms with E-state index in [4.69, 9.17) is 19.2 Å². The molecule has 0 fully saturated rings. The highest BCUT2D eigenvalue weighted by Gasteiger charge is 2.35. The van der Waals surface area contributed by atoms with E-state index in [2.05, 4.69) is 53.6 Å². The standard InChI is InChI=1S/C34H36N4O5S/c1-7-9-26-30(33(40)41-8-2)31(22-10-15-27-28(17-22)43-19-42-27)38-32(39)29(44-34(38)35-26)18-23-16-20(3)37(21(23)4)25-13-11-24(12-14-25)36(5)6/h10-18,31H,7-9,19H2,1-6H3/b29-18+/t31-/m0/s1. The molecular formula is C34H36N4O5S. The van der Waals surface area contributed by atoms with E-state index in [9.17, 15) is 9.59 Å². The van der Waals surface area contributed by atoms with Gasteiger partial charge in [-0.3, -0.25) is 9.36 Å². The molecule has 0 saturated heterocycles. The molecule has 2 aliphatic heterocycles. The van der Waals surface area contributed by atoms with Gasteiger partial charge in [0.1, 0.15) is 0 Å². The Balaban J connectivity index is 1.51. The van der Waals surface area contributed by atoms with Gasteiger partial charge in [0, 0.05) is 36.9 Å². The highest BCUT2D eigenvalue weighted by Crippen LogP contribution is 2.39. The Labute approximate surface area is 259 Å². The summed E-state index contributed by atoms with van der Waals surface area (Å²) in [5.74, 6) is 0.733. The fourth-order valence-electron chi connectivity index (χ4n) is 5.89. The molecule has 44 heavy (non-hydrogen) atoms. The van der Waals surface area contributed by atoms with Gasteiger partial charge in [-0.05, 0) is 86.9 Å². The largest absolute Gasteiger partial charge is 0.463 e. The summed E-state index contributed by atoms with van der Waals surface area (Å²) in [6, 6.07) is 15.3. The number of fused-ring (bicyclic) bond motifs is 2. The summed E-state index contributed by atoms with van der Waals surface area (Å²) in [6.07, 6.45) is 3.29. The number of rotatable bonds is 8. The number of esters is 1. The van der Waals surface area contributed by atoms with Gasteiger partial charge >= 0.3 is 5.97 Å². The third kappa shape index (κ3) is 5.13. The highest BCUT2D eigenvalue weighted by atomic mass is 32.1. The number of anilines is 1. The molecule has 0 aliphatic carbocycles. The Morgan fingerprint density at radius 3 is 2.55 bits per heavy atom. The molecule has 6 rings (SSSR count). The smallest absolute Gasteiger partial charge is 0.338 e. The van der Waals surface area contributed by atoms with Crippen molar-refractivity contribution in [3.8, 4) is 17.2 Å². The van der Waals surface area contributed by atoms with Crippen molar-refractivity contribution in [2.45, 2.75) is 46.6 Å². The van der Waals surface area contributed by atoms with E-state index in [0.29, 0.717) is 38.5 Å². The molecule has 0 bridgehead atoms. The van der Waals surface area contributed by atoms with Crippen molar-refractivity contribution in [1.29, 1.82) is 0 Å². The van der Waals surface area contributed by atoms with Gasteiger partial charge in [-0.1, -0.05) is 30.7 Å². The number of ether oxygens (including phenoxy) is 3. The predicted molar refractivity (Wildman–Crippen MR) is 172 cm³/mol. The molecule has 228 valence electrons. The van der Waals surface area contributed by atoms with E-state index in [1.807, 2.05) is 45.3 Å². The molecule has 0 unspecified atom stereocenters. The van der Waals surface area contributed by atoms with E-state index in [1.54, 1.807) is 11.5 Å². The second-order valence-electron chi connectivity index (χ2n) is 11.1. The lowest BCUT2D eigenvalue weighted by Crippen LogP contribution is -2.40. The van der Waals surface area contributed by atoms with Crippen molar-refractivity contribution in [3.05, 3.63) is 102 Å². The first-order valence-corrected chi connectivity index (χ1v) is 15.6. The Morgan fingerprint density at radius 1 is 1.09 bits per heavy atom. The fourth-order valence-corrected chi connectivity index (χ4v) is 6.90. The molecule has 0 radical (unpaired) electrons. The zero-order valence-electron chi connectivity index (χ0n) is 25.8. The molecule has 10 heteroatoms. The highest BCUT2D eigenvalue weighted by molar-refractivity contribution is 7.07. The van der Waals surface area contributed by atoms with Gasteiger partial charge in [-0.2, -0.15) is 0 Å². The first-order chi connectivity index (χ1) is 21.2. The number of allylic oxidation sites excluding steroid dienone is 1. The Hall–Kier alpha value is -4.57. The molecule has 0 spiro atoms. The van der Waals surface area contributed by atoms with E-state index in [-0.39, 0.29) is 19.0 Å². The quantitative estimate of drug-likeness (QED) is 0.266.